The Morgan fingerprint density at radius 2 is 2.16 bits per heavy atom. The van der Waals surface area contributed by atoms with Gasteiger partial charge in [-0.1, -0.05) is 25.2 Å². The van der Waals surface area contributed by atoms with Gasteiger partial charge in [-0.2, -0.15) is 4.31 Å². The van der Waals surface area contributed by atoms with Crippen LogP contribution in [0.15, 0.2) is 10.3 Å². The number of thiophene rings is 1. The maximum atomic E-state index is 12.3. The minimum atomic E-state index is -3.71. The Morgan fingerprint density at radius 1 is 1.53 bits per heavy atom. The lowest BCUT2D eigenvalue weighted by atomic mass is 10.5. The van der Waals surface area contributed by atoms with Gasteiger partial charge in [-0.05, 0) is 6.42 Å². The predicted molar refractivity (Wildman–Crippen MR) is 73.5 cm³/mol. The number of nitrogens with one attached hydrogen (secondary N) is 1. The van der Waals surface area contributed by atoms with Crippen molar-refractivity contribution in [2.45, 2.75) is 24.5 Å². The number of nitrogens with zero attached hydrogens (tertiary/aromatic N) is 2. The number of hydrogen-bond acceptors (Lipinski definition) is 7. The van der Waals surface area contributed by atoms with E-state index >= 15 is 0 Å². The number of rotatable bonds is 7. The molecule has 1 aromatic heterocycles. The van der Waals surface area contributed by atoms with Crippen LogP contribution in [0.4, 0.5) is 10.7 Å². The summed E-state index contributed by atoms with van der Waals surface area (Å²) in [4.78, 5) is 10.1. The van der Waals surface area contributed by atoms with Crippen LogP contribution in [0.1, 0.15) is 20.3 Å². The van der Waals surface area contributed by atoms with Crippen molar-refractivity contribution in [1.82, 2.24) is 4.31 Å². The maximum absolute atomic E-state index is 12.3. The second kappa shape index (κ2) is 6.28. The predicted octanol–water partition coefficient (Wildman–Crippen LogP) is 1.36. The van der Waals surface area contributed by atoms with E-state index < -0.39 is 14.9 Å². The van der Waals surface area contributed by atoms with Crippen molar-refractivity contribution in [1.29, 1.82) is 0 Å². The molecule has 0 aliphatic heterocycles. The minimum Gasteiger partial charge on any atom is -0.310 e. The van der Waals surface area contributed by atoms with Gasteiger partial charge in [0.1, 0.15) is 4.21 Å². The van der Waals surface area contributed by atoms with Crippen molar-refractivity contribution in [2.24, 2.45) is 5.84 Å². The van der Waals surface area contributed by atoms with Crippen molar-refractivity contribution in [3.05, 3.63) is 16.2 Å². The molecule has 0 bridgehead atoms. The van der Waals surface area contributed by atoms with Gasteiger partial charge in [0.15, 0.2) is 5.00 Å². The smallest absolute Gasteiger partial charge is 0.306 e. The standard InChI is InChI=1S/C9H16N4O4S2/c1-3-5-12(4-2)19(16,17)8-6-7(13(14)15)9(11-10)18-8/h6,11H,3-5,10H2,1-2H3. The van der Waals surface area contributed by atoms with Gasteiger partial charge in [-0.3, -0.25) is 10.1 Å². The Balaban J connectivity index is 3.25. The second-order valence-electron chi connectivity index (χ2n) is 3.68. The van der Waals surface area contributed by atoms with Gasteiger partial charge in [0.2, 0.25) is 0 Å². The number of nitrogen functional groups attached to an aromatic ring is 1. The molecule has 0 aromatic carbocycles. The van der Waals surface area contributed by atoms with Crippen LogP contribution in [0.2, 0.25) is 0 Å². The summed E-state index contributed by atoms with van der Waals surface area (Å²) >= 11 is 0.757. The summed E-state index contributed by atoms with van der Waals surface area (Å²) in [5.74, 6) is 5.16. The van der Waals surface area contributed by atoms with Crippen LogP contribution in [0.25, 0.3) is 0 Å². The number of hydrazine groups is 1. The molecule has 0 unspecified atom stereocenters. The molecule has 1 rings (SSSR count). The molecule has 0 saturated heterocycles. The highest BCUT2D eigenvalue weighted by atomic mass is 32.2. The fraction of sp³-hybridized carbons (Fsp3) is 0.556. The van der Waals surface area contributed by atoms with E-state index in [9.17, 15) is 18.5 Å². The Kier molecular flexibility index (Phi) is 5.23. The number of sulfonamides is 1. The maximum Gasteiger partial charge on any atom is 0.306 e. The van der Waals surface area contributed by atoms with E-state index in [2.05, 4.69) is 5.43 Å². The van der Waals surface area contributed by atoms with E-state index in [4.69, 9.17) is 5.84 Å². The van der Waals surface area contributed by atoms with E-state index in [1.807, 2.05) is 6.92 Å². The first-order valence-corrected chi connectivity index (χ1v) is 7.89. The highest BCUT2D eigenvalue weighted by molar-refractivity contribution is 7.91. The average molecular weight is 308 g/mol. The zero-order chi connectivity index (χ0) is 14.6. The van der Waals surface area contributed by atoms with E-state index in [1.54, 1.807) is 6.92 Å². The summed E-state index contributed by atoms with van der Waals surface area (Å²) in [6.45, 7) is 4.27. The van der Waals surface area contributed by atoms with Crippen molar-refractivity contribution in [2.75, 3.05) is 18.5 Å². The van der Waals surface area contributed by atoms with Gasteiger partial charge in [0.05, 0.1) is 4.92 Å². The fourth-order valence-corrected chi connectivity index (χ4v) is 4.48. The molecule has 3 N–H and O–H groups in total. The van der Waals surface area contributed by atoms with Gasteiger partial charge >= 0.3 is 5.69 Å². The van der Waals surface area contributed by atoms with E-state index in [1.165, 1.54) is 4.31 Å². The Morgan fingerprint density at radius 3 is 2.53 bits per heavy atom. The van der Waals surface area contributed by atoms with Crippen LogP contribution < -0.4 is 11.3 Å². The normalized spacial score (nSPS) is 11.8. The molecular formula is C9H16N4O4S2. The monoisotopic (exact) mass is 308 g/mol. The van der Waals surface area contributed by atoms with Crippen molar-refractivity contribution in [3.63, 3.8) is 0 Å². The lowest BCUT2D eigenvalue weighted by Crippen LogP contribution is -2.31. The molecule has 19 heavy (non-hydrogen) atoms. The van der Waals surface area contributed by atoms with Crippen LogP contribution in [-0.2, 0) is 10.0 Å². The number of nitro groups is 1. The quantitative estimate of drug-likeness (QED) is 0.446. The summed E-state index contributed by atoms with van der Waals surface area (Å²) < 4.78 is 25.8. The van der Waals surface area contributed by atoms with Crippen LogP contribution in [0.5, 0.6) is 0 Å². The highest BCUT2D eigenvalue weighted by Crippen LogP contribution is 2.37. The molecule has 8 nitrogen and oxygen atoms in total. The molecular weight excluding hydrogens is 292 g/mol. The largest absolute Gasteiger partial charge is 0.310 e. The Hall–Kier alpha value is -1.23. The Bertz CT molecular complexity index is 555. The molecule has 0 aliphatic carbocycles. The molecule has 108 valence electrons. The first kappa shape index (κ1) is 15.8. The lowest BCUT2D eigenvalue weighted by molar-refractivity contribution is -0.383. The molecule has 1 heterocycles. The lowest BCUT2D eigenvalue weighted by Gasteiger charge is -2.18. The first-order chi connectivity index (χ1) is 8.88. The van der Waals surface area contributed by atoms with Crippen molar-refractivity contribution < 1.29 is 13.3 Å². The number of hydrogen-bond donors (Lipinski definition) is 2. The van der Waals surface area contributed by atoms with Gasteiger partial charge < -0.3 is 5.43 Å². The Labute approximate surface area is 115 Å². The molecule has 0 spiro atoms. The summed E-state index contributed by atoms with van der Waals surface area (Å²) in [7, 11) is -3.71. The van der Waals surface area contributed by atoms with E-state index in [0.29, 0.717) is 19.5 Å². The molecule has 0 radical (unpaired) electrons. The van der Waals surface area contributed by atoms with Gasteiger partial charge in [-0.15, -0.1) is 0 Å². The number of nitrogens with two attached hydrogens (primary N) is 1. The SMILES string of the molecule is CCCN(CC)S(=O)(=O)c1cc([N+](=O)[O-])c(NN)s1. The van der Waals surface area contributed by atoms with Gasteiger partial charge in [-0.25, -0.2) is 14.3 Å². The van der Waals surface area contributed by atoms with Gasteiger partial charge in [0.25, 0.3) is 10.0 Å². The third kappa shape index (κ3) is 3.21. The van der Waals surface area contributed by atoms with Crippen LogP contribution >= 0.6 is 11.3 Å². The zero-order valence-electron chi connectivity index (χ0n) is 10.6. The zero-order valence-corrected chi connectivity index (χ0v) is 12.3. The van der Waals surface area contributed by atoms with Crippen LogP contribution in [0.3, 0.4) is 0 Å². The fourth-order valence-electron chi connectivity index (χ4n) is 1.55. The summed E-state index contributed by atoms with van der Waals surface area (Å²) in [5, 5.41) is 10.8. The number of anilines is 1. The van der Waals surface area contributed by atoms with Gasteiger partial charge in [0, 0.05) is 19.2 Å². The van der Waals surface area contributed by atoms with Crippen LogP contribution in [-0.4, -0.2) is 30.7 Å². The second-order valence-corrected chi connectivity index (χ2v) is 6.89. The first-order valence-electron chi connectivity index (χ1n) is 5.63. The summed E-state index contributed by atoms with van der Waals surface area (Å²) in [5.41, 5.74) is 1.82. The third-order valence-corrected chi connectivity index (χ3v) is 5.92. The highest BCUT2D eigenvalue weighted by Gasteiger charge is 2.29. The topological polar surface area (TPSA) is 119 Å². The molecule has 0 fully saturated rings. The molecule has 0 aliphatic rings. The minimum absolute atomic E-state index is 0.0242. The molecule has 10 heteroatoms. The molecule has 0 amide bonds. The third-order valence-electron chi connectivity index (χ3n) is 2.44. The van der Waals surface area contributed by atoms with E-state index in [-0.39, 0.29) is 14.9 Å². The van der Waals surface area contributed by atoms with E-state index in [0.717, 1.165) is 17.4 Å². The summed E-state index contributed by atoms with van der Waals surface area (Å²) in [6, 6.07) is 1.04. The van der Waals surface area contributed by atoms with Crippen molar-refractivity contribution >= 4 is 32.0 Å². The molecule has 1 aromatic rings. The van der Waals surface area contributed by atoms with Crippen LogP contribution in [0, 0.1) is 10.1 Å². The average Bonchev–Trinajstić information content (AvgIpc) is 2.80. The summed E-state index contributed by atoms with van der Waals surface area (Å²) in [6.07, 6.45) is 0.669. The van der Waals surface area contributed by atoms with Crippen molar-refractivity contribution in [3.8, 4) is 0 Å². The molecule has 0 saturated carbocycles. The molecule has 0 atom stereocenters.